The summed E-state index contributed by atoms with van der Waals surface area (Å²) >= 11 is 0. The van der Waals surface area contributed by atoms with E-state index < -0.39 is 0 Å². The van der Waals surface area contributed by atoms with Crippen molar-refractivity contribution in [3.05, 3.63) is 118 Å². The van der Waals surface area contributed by atoms with Crippen LogP contribution in [-0.4, -0.2) is 21.3 Å². The SMILES string of the molecule is CC(=O)Cc1cccc(Cn2nc(C)c(CC(=O)c3ccc(COc4ccccc4)cc3)c2C)c1. The minimum absolute atomic E-state index is 0.0646. The Balaban J connectivity index is 1.41. The highest BCUT2D eigenvalue weighted by Crippen LogP contribution is 2.19. The number of ether oxygens (including phenoxy) is 1. The number of Topliss-reactive ketones (excluding diaryl/α,β-unsaturated/α-hetero) is 2. The molecule has 5 nitrogen and oxygen atoms in total. The molecule has 0 aliphatic rings. The zero-order valence-electron chi connectivity index (χ0n) is 20.5. The van der Waals surface area contributed by atoms with Crippen LogP contribution in [-0.2, 0) is 30.8 Å². The number of carbonyl (C=O) groups excluding carboxylic acids is 2. The molecule has 35 heavy (non-hydrogen) atoms. The van der Waals surface area contributed by atoms with Crippen LogP contribution in [0.4, 0.5) is 0 Å². The van der Waals surface area contributed by atoms with Gasteiger partial charge in [-0.25, -0.2) is 0 Å². The van der Waals surface area contributed by atoms with Crippen LogP contribution in [0, 0.1) is 13.8 Å². The maximum atomic E-state index is 13.0. The summed E-state index contributed by atoms with van der Waals surface area (Å²) in [5.41, 5.74) is 6.59. The molecule has 0 aliphatic carbocycles. The van der Waals surface area contributed by atoms with Gasteiger partial charge in [0.1, 0.15) is 18.1 Å². The molecule has 4 rings (SSSR count). The summed E-state index contributed by atoms with van der Waals surface area (Å²) < 4.78 is 7.72. The van der Waals surface area contributed by atoms with Gasteiger partial charge in [-0.15, -0.1) is 0 Å². The Morgan fingerprint density at radius 1 is 0.829 bits per heavy atom. The Kier molecular flexibility index (Phi) is 7.56. The van der Waals surface area contributed by atoms with E-state index >= 15 is 0 Å². The number of aryl methyl sites for hydroxylation is 1. The number of aromatic nitrogens is 2. The first-order valence-corrected chi connectivity index (χ1v) is 11.8. The Hall–Kier alpha value is -3.99. The average Bonchev–Trinajstić information content (AvgIpc) is 3.10. The molecule has 4 aromatic rings. The predicted molar refractivity (Wildman–Crippen MR) is 137 cm³/mol. The first-order chi connectivity index (χ1) is 16.9. The second kappa shape index (κ2) is 11.0. The van der Waals surface area contributed by atoms with Crippen molar-refractivity contribution in [2.45, 2.75) is 46.8 Å². The Labute approximate surface area is 206 Å². The van der Waals surface area contributed by atoms with E-state index in [-0.39, 0.29) is 11.6 Å². The van der Waals surface area contributed by atoms with E-state index in [1.807, 2.05) is 97.4 Å². The van der Waals surface area contributed by atoms with Crippen LogP contribution < -0.4 is 4.74 Å². The lowest BCUT2D eigenvalue weighted by Crippen LogP contribution is -2.08. The fraction of sp³-hybridized carbons (Fsp3) is 0.233. The highest BCUT2D eigenvalue weighted by molar-refractivity contribution is 5.97. The highest BCUT2D eigenvalue weighted by atomic mass is 16.5. The molecule has 0 saturated heterocycles. The van der Waals surface area contributed by atoms with Gasteiger partial charge in [0.2, 0.25) is 0 Å². The number of benzene rings is 3. The molecule has 0 atom stereocenters. The topological polar surface area (TPSA) is 61.2 Å². The summed E-state index contributed by atoms with van der Waals surface area (Å²) in [6.07, 6.45) is 0.740. The van der Waals surface area contributed by atoms with Crippen LogP contribution >= 0.6 is 0 Å². The first kappa shape index (κ1) is 24.1. The average molecular weight is 467 g/mol. The number of carbonyl (C=O) groups is 2. The van der Waals surface area contributed by atoms with E-state index in [9.17, 15) is 9.59 Å². The van der Waals surface area contributed by atoms with Gasteiger partial charge >= 0.3 is 0 Å². The van der Waals surface area contributed by atoms with Crippen LogP contribution in [0.5, 0.6) is 5.75 Å². The third-order valence-electron chi connectivity index (χ3n) is 6.07. The van der Waals surface area contributed by atoms with Crippen LogP contribution in [0.2, 0.25) is 0 Å². The van der Waals surface area contributed by atoms with Crippen LogP contribution in [0.1, 0.15) is 50.9 Å². The molecule has 0 bridgehead atoms. The van der Waals surface area contributed by atoms with Gasteiger partial charge in [-0.05, 0) is 49.6 Å². The van der Waals surface area contributed by atoms with Crippen LogP contribution in [0.3, 0.4) is 0 Å². The normalized spacial score (nSPS) is 10.8. The Morgan fingerprint density at radius 2 is 1.54 bits per heavy atom. The molecule has 178 valence electrons. The highest BCUT2D eigenvalue weighted by Gasteiger charge is 2.16. The molecule has 0 aliphatic heterocycles. The maximum absolute atomic E-state index is 13.0. The van der Waals surface area contributed by atoms with E-state index in [4.69, 9.17) is 9.84 Å². The second-order valence-corrected chi connectivity index (χ2v) is 8.90. The Bertz CT molecular complexity index is 1320. The van der Waals surface area contributed by atoms with E-state index in [0.717, 1.165) is 39.4 Å². The van der Waals surface area contributed by atoms with Gasteiger partial charge in [0.05, 0.1) is 12.2 Å². The molecular weight excluding hydrogens is 436 g/mol. The predicted octanol–water partition coefficient (Wildman–Crippen LogP) is 5.68. The van der Waals surface area contributed by atoms with Crippen molar-refractivity contribution < 1.29 is 14.3 Å². The molecule has 1 aromatic heterocycles. The lowest BCUT2D eigenvalue weighted by Gasteiger charge is -2.08. The largest absolute Gasteiger partial charge is 0.489 e. The summed E-state index contributed by atoms with van der Waals surface area (Å²) in [7, 11) is 0. The molecule has 0 amide bonds. The molecule has 0 radical (unpaired) electrons. The lowest BCUT2D eigenvalue weighted by molar-refractivity contribution is -0.116. The number of para-hydroxylation sites is 1. The molecule has 0 fully saturated rings. The Morgan fingerprint density at radius 3 is 2.26 bits per heavy atom. The third kappa shape index (κ3) is 6.33. The second-order valence-electron chi connectivity index (χ2n) is 8.90. The van der Waals surface area contributed by atoms with Gasteiger partial charge in [-0.1, -0.05) is 66.7 Å². The van der Waals surface area contributed by atoms with Gasteiger partial charge in [-0.2, -0.15) is 5.10 Å². The van der Waals surface area contributed by atoms with Crippen molar-refractivity contribution in [1.29, 1.82) is 0 Å². The molecule has 5 heteroatoms. The maximum Gasteiger partial charge on any atom is 0.167 e. The molecular formula is C30H30N2O3. The number of hydrogen-bond donors (Lipinski definition) is 0. The van der Waals surface area contributed by atoms with E-state index in [1.165, 1.54) is 0 Å². The molecule has 1 heterocycles. The number of nitrogens with zero attached hydrogens (tertiary/aromatic N) is 2. The minimum Gasteiger partial charge on any atom is -0.489 e. The quantitative estimate of drug-likeness (QED) is 0.282. The monoisotopic (exact) mass is 466 g/mol. The van der Waals surface area contributed by atoms with E-state index in [2.05, 4.69) is 0 Å². The van der Waals surface area contributed by atoms with E-state index in [0.29, 0.717) is 31.6 Å². The molecule has 0 saturated carbocycles. The van der Waals surface area contributed by atoms with Gasteiger partial charge in [-0.3, -0.25) is 14.3 Å². The van der Waals surface area contributed by atoms with E-state index in [1.54, 1.807) is 6.92 Å². The zero-order valence-corrected chi connectivity index (χ0v) is 20.5. The number of hydrogen-bond acceptors (Lipinski definition) is 4. The molecule has 0 N–H and O–H groups in total. The summed E-state index contributed by atoms with van der Waals surface area (Å²) in [6.45, 7) is 6.61. The minimum atomic E-state index is 0.0646. The van der Waals surface area contributed by atoms with Crippen molar-refractivity contribution in [3.8, 4) is 5.75 Å². The molecule has 3 aromatic carbocycles. The lowest BCUT2D eigenvalue weighted by atomic mass is 10.0. The fourth-order valence-corrected chi connectivity index (χ4v) is 4.18. The smallest absolute Gasteiger partial charge is 0.167 e. The van der Waals surface area contributed by atoms with Crippen molar-refractivity contribution in [3.63, 3.8) is 0 Å². The van der Waals surface area contributed by atoms with Gasteiger partial charge in [0.15, 0.2) is 5.78 Å². The third-order valence-corrected chi connectivity index (χ3v) is 6.07. The van der Waals surface area contributed by atoms with Crippen LogP contribution in [0.25, 0.3) is 0 Å². The summed E-state index contributed by atoms with van der Waals surface area (Å²) in [5, 5.41) is 4.69. The standard InChI is InChI=1S/C30H30N2O3/c1-21(33)16-25-8-7-9-26(17-25)19-32-23(3)29(22(2)31-32)18-30(34)27-14-12-24(13-15-27)20-35-28-10-5-4-6-11-28/h4-15,17H,16,18-20H2,1-3H3. The van der Waals surface area contributed by atoms with Gasteiger partial charge < -0.3 is 4.74 Å². The van der Waals surface area contributed by atoms with Gasteiger partial charge in [0, 0.05) is 29.7 Å². The summed E-state index contributed by atoms with van der Waals surface area (Å²) in [4.78, 5) is 24.5. The molecule has 0 unspecified atom stereocenters. The first-order valence-electron chi connectivity index (χ1n) is 11.8. The number of ketones is 2. The van der Waals surface area contributed by atoms with Crippen LogP contribution in [0.15, 0.2) is 78.9 Å². The van der Waals surface area contributed by atoms with Crippen molar-refractivity contribution in [2.75, 3.05) is 0 Å². The van der Waals surface area contributed by atoms with Crippen molar-refractivity contribution in [1.82, 2.24) is 9.78 Å². The number of rotatable bonds is 10. The summed E-state index contributed by atoms with van der Waals surface area (Å²) in [6, 6.07) is 25.3. The fourth-order valence-electron chi connectivity index (χ4n) is 4.18. The van der Waals surface area contributed by atoms with Crippen molar-refractivity contribution >= 4 is 11.6 Å². The van der Waals surface area contributed by atoms with Gasteiger partial charge in [0.25, 0.3) is 0 Å². The van der Waals surface area contributed by atoms with Crippen molar-refractivity contribution in [2.24, 2.45) is 0 Å². The zero-order chi connectivity index (χ0) is 24.8. The molecule has 0 spiro atoms. The summed E-state index contributed by atoms with van der Waals surface area (Å²) in [5.74, 6) is 1.03.